The average Bonchev–Trinajstić information content (AvgIpc) is 2.54. The highest BCUT2D eigenvalue weighted by Gasteiger charge is 2.24. The SMILES string of the molecule is Cc1ccc(N)cc1C(=O)N1CCCN(C)C(=O)C1. The molecule has 1 heterocycles. The van der Waals surface area contributed by atoms with Gasteiger partial charge in [-0.05, 0) is 31.0 Å². The van der Waals surface area contributed by atoms with Crippen molar-refractivity contribution in [2.75, 3.05) is 32.4 Å². The molecule has 102 valence electrons. The molecule has 1 aromatic rings. The van der Waals surface area contributed by atoms with Crippen LogP contribution in [0.25, 0.3) is 0 Å². The van der Waals surface area contributed by atoms with Crippen molar-refractivity contribution in [3.63, 3.8) is 0 Å². The van der Waals surface area contributed by atoms with E-state index in [1.54, 1.807) is 29.0 Å². The molecule has 0 aliphatic carbocycles. The van der Waals surface area contributed by atoms with Crippen LogP contribution in [0.3, 0.4) is 0 Å². The van der Waals surface area contributed by atoms with Gasteiger partial charge >= 0.3 is 0 Å². The molecule has 0 bridgehead atoms. The highest BCUT2D eigenvalue weighted by atomic mass is 16.2. The first-order valence-electron chi connectivity index (χ1n) is 6.38. The van der Waals surface area contributed by atoms with E-state index in [4.69, 9.17) is 5.73 Å². The summed E-state index contributed by atoms with van der Waals surface area (Å²) in [5, 5.41) is 0. The summed E-state index contributed by atoms with van der Waals surface area (Å²) < 4.78 is 0. The number of hydrogen-bond acceptors (Lipinski definition) is 3. The fraction of sp³-hybridized carbons (Fsp3) is 0.429. The first kappa shape index (κ1) is 13.4. The number of nitrogen functional groups attached to an aromatic ring is 1. The maximum atomic E-state index is 12.5. The third kappa shape index (κ3) is 2.86. The van der Waals surface area contributed by atoms with Crippen molar-refractivity contribution in [1.29, 1.82) is 0 Å². The molecular formula is C14H19N3O2. The van der Waals surface area contributed by atoms with Gasteiger partial charge in [-0.3, -0.25) is 9.59 Å². The van der Waals surface area contributed by atoms with E-state index in [-0.39, 0.29) is 18.4 Å². The summed E-state index contributed by atoms with van der Waals surface area (Å²) in [6, 6.07) is 5.28. The molecule has 2 amide bonds. The Hall–Kier alpha value is -2.04. The second-order valence-corrected chi connectivity index (χ2v) is 4.97. The molecule has 0 unspecified atom stereocenters. The minimum atomic E-state index is -0.117. The van der Waals surface area contributed by atoms with E-state index in [0.717, 1.165) is 12.0 Å². The minimum absolute atomic E-state index is 0.0209. The molecule has 5 heteroatoms. The highest BCUT2D eigenvalue weighted by Crippen LogP contribution is 2.16. The molecule has 1 aliphatic heterocycles. The van der Waals surface area contributed by atoms with Gasteiger partial charge in [0.05, 0.1) is 0 Å². The number of benzene rings is 1. The van der Waals surface area contributed by atoms with Crippen LogP contribution >= 0.6 is 0 Å². The lowest BCUT2D eigenvalue weighted by molar-refractivity contribution is -0.129. The molecule has 1 saturated heterocycles. The number of amides is 2. The van der Waals surface area contributed by atoms with Crippen molar-refractivity contribution in [1.82, 2.24) is 9.80 Å². The largest absolute Gasteiger partial charge is 0.399 e. The van der Waals surface area contributed by atoms with Crippen molar-refractivity contribution >= 4 is 17.5 Å². The molecule has 2 rings (SSSR count). The van der Waals surface area contributed by atoms with Crippen LogP contribution in [0.1, 0.15) is 22.3 Å². The molecule has 0 spiro atoms. The fourth-order valence-corrected chi connectivity index (χ4v) is 2.20. The van der Waals surface area contributed by atoms with Gasteiger partial charge in [-0.1, -0.05) is 6.07 Å². The molecule has 0 radical (unpaired) electrons. The van der Waals surface area contributed by atoms with Crippen molar-refractivity contribution in [2.24, 2.45) is 0 Å². The van der Waals surface area contributed by atoms with E-state index in [1.165, 1.54) is 0 Å². The molecule has 0 atom stereocenters. The van der Waals surface area contributed by atoms with Crippen LogP contribution in [0, 0.1) is 6.92 Å². The lowest BCUT2D eigenvalue weighted by Crippen LogP contribution is -2.38. The third-order valence-electron chi connectivity index (χ3n) is 3.45. The Balaban J connectivity index is 2.23. The number of likely N-dealkylation sites (N-methyl/N-ethyl adjacent to an activating group) is 1. The summed E-state index contributed by atoms with van der Waals surface area (Å²) in [5.74, 6) is -0.138. The van der Waals surface area contributed by atoms with Gasteiger partial charge < -0.3 is 15.5 Å². The van der Waals surface area contributed by atoms with Crippen molar-refractivity contribution < 1.29 is 9.59 Å². The molecule has 1 aromatic carbocycles. The number of nitrogens with zero attached hydrogens (tertiary/aromatic N) is 2. The van der Waals surface area contributed by atoms with Gasteiger partial charge in [0.15, 0.2) is 0 Å². The number of hydrogen-bond donors (Lipinski definition) is 1. The summed E-state index contributed by atoms with van der Waals surface area (Å²) in [4.78, 5) is 27.6. The van der Waals surface area contributed by atoms with Gasteiger partial charge in [0.1, 0.15) is 6.54 Å². The lowest BCUT2D eigenvalue weighted by atomic mass is 10.1. The summed E-state index contributed by atoms with van der Waals surface area (Å²) in [6.45, 7) is 3.31. The number of nitrogens with two attached hydrogens (primary N) is 1. The smallest absolute Gasteiger partial charge is 0.254 e. The van der Waals surface area contributed by atoms with E-state index in [2.05, 4.69) is 0 Å². The monoisotopic (exact) mass is 261 g/mol. The number of rotatable bonds is 1. The van der Waals surface area contributed by atoms with Gasteiger partial charge in [-0.25, -0.2) is 0 Å². The van der Waals surface area contributed by atoms with E-state index in [0.29, 0.717) is 24.3 Å². The van der Waals surface area contributed by atoms with E-state index in [1.807, 2.05) is 13.0 Å². The van der Waals surface area contributed by atoms with Gasteiger partial charge in [0.25, 0.3) is 5.91 Å². The average molecular weight is 261 g/mol. The third-order valence-corrected chi connectivity index (χ3v) is 3.45. The molecule has 5 nitrogen and oxygen atoms in total. The minimum Gasteiger partial charge on any atom is -0.399 e. The molecule has 0 saturated carbocycles. The Bertz CT molecular complexity index is 513. The molecule has 2 N–H and O–H groups in total. The number of carbonyl (C=O) groups is 2. The Morgan fingerprint density at radius 2 is 2.05 bits per heavy atom. The van der Waals surface area contributed by atoms with E-state index >= 15 is 0 Å². The van der Waals surface area contributed by atoms with Crippen molar-refractivity contribution in [2.45, 2.75) is 13.3 Å². The zero-order valence-corrected chi connectivity index (χ0v) is 11.3. The van der Waals surface area contributed by atoms with Gasteiger partial charge in [-0.15, -0.1) is 0 Å². The van der Waals surface area contributed by atoms with Crippen LogP contribution in [0.15, 0.2) is 18.2 Å². The standard InChI is InChI=1S/C14H19N3O2/c1-10-4-5-11(15)8-12(10)14(19)17-7-3-6-16(2)13(18)9-17/h4-5,8H,3,6-7,9,15H2,1-2H3. The fourth-order valence-electron chi connectivity index (χ4n) is 2.20. The molecular weight excluding hydrogens is 242 g/mol. The lowest BCUT2D eigenvalue weighted by Gasteiger charge is -2.21. The van der Waals surface area contributed by atoms with E-state index < -0.39 is 0 Å². The van der Waals surface area contributed by atoms with Crippen LogP contribution < -0.4 is 5.73 Å². The van der Waals surface area contributed by atoms with Crippen molar-refractivity contribution in [3.05, 3.63) is 29.3 Å². The summed E-state index contributed by atoms with van der Waals surface area (Å²) >= 11 is 0. The second kappa shape index (κ2) is 5.30. The Labute approximate surface area is 113 Å². The highest BCUT2D eigenvalue weighted by molar-refractivity contribution is 5.98. The van der Waals surface area contributed by atoms with Crippen molar-refractivity contribution in [3.8, 4) is 0 Å². The first-order chi connectivity index (χ1) is 8.99. The topological polar surface area (TPSA) is 66.6 Å². The Kier molecular flexibility index (Phi) is 3.74. The van der Waals surface area contributed by atoms with E-state index in [9.17, 15) is 9.59 Å². The van der Waals surface area contributed by atoms with Gasteiger partial charge in [0.2, 0.25) is 5.91 Å². The van der Waals surface area contributed by atoms with Crippen LogP contribution in [-0.2, 0) is 4.79 Å². The van der Waals surface area contributed by atoms with Crippen LogP contribution in [-0.4, -0.2) is 48.3 Å². The second-order valence-electron chi connectivity index (χ2n) is 4.97. The zero-order valence-electron chi connectivity index (χ0n) is 11.3. The van der Waals surface area contributed by atoms with Crippen LogP contribution in [0.5, 0.6) is 0 Å². The maximum absolute atomic E-state index is 12.5. The van der Waals surface area contributed by atoms with Gasteiger partial charge in [-0.2, -0.15) is 0 Å². The molecule has 1 aliphatic rings. The van der Waals surface area contributed by atoms with Gasteiger partial charge in [0, 0.05) is 31.4 Å². The quantitative estimate of drug-likeness (QED) is 0.763. The normalized spacial score (nSPS) is 16.4. The van der Waals surface area contributed by atoms with Crippen LogP contribution in [0.2, 0.25) is 0 Å². The predicted octanol–water partition coefficient (Wildman–Crippen LogP) is 0.882. The summed E-state index contributed by atoms with van der Waals surface area (Å²) in [6.07, 6.45) is 0.801. The number of aryl methyl sites for hydroxylation is 1. The predicted molar refractivity (Wildman–Crippen MR) is 73.7 cm³/mol. The Morgan fingerprint density at radius 1 is 1.32 bits per heavy atom. The number of anilines is 1. The summed E-state index contributed by atoms with van der Waals surface area (Å²) in [7, 11) is 1.77. The number of carbonyl (C=O) groups excluding carboxylic acids is 2. The zero-order chi connectivity index (χ0) is 14.0. The maximum Gasteiger partial charge on any atom is 0.254 e. The summed E-state index contributed by atoms with van der Waals surface area (Å²) in [5.41, 5.74) is 7.75. The molecule has 0 aromatic heterocycles. The molecule has 1 fully saturated rings. The molecule has 19 heavy (non-hydrogen) atoms. The Morgan fingerprint density at radius 3 is 2.79 bits per heavy atom. The van der Waals surface area contributed by atoms with Crippen LogP contribution in [0.4, 0.5) is 5.69 Å². The first-order valence-corrected chi connectivity index (χ1v) is 6.38.